The van der Waals surface area contributed by atoms with Gasteiger partial charge in [0, 0.05) is 74.7 Å². The molecule has 5 rings (SSSR count). The van der Waals surface area contributed by atoms with Gasteiger partial charge in [-0.05, 0) is 51.4 Å². The maximum Gasteiger partial charge on any atom is 0.320 e. The van der Waals surface area contributed by atoms with Crippen molar-refractivity contribution in [3.8, 4) is 0 Å². The monoisotopic (exact) mass is 572 g/mol. The lowest BCUT2D eigenvalue weighted by Gasteiger charge is -2.44. The fourth-order valence-electron chi connectivity index (χ4n) is 5.83. The van der Waals surface area contributed by atoms with Crippen molar-refractivity contribution in [1.82, 2.24) is 19.7 Å². The van der Waals surface area contributed by atoms with Gasteiger partial charge in [-0.1, -0.05) is 6.08 Å². The Bertz CT molecular complexity index is 1410. The summed E-state index contributed by atoms with van der Waals surface area (Å²) in [5.41, 5.74) is -0.292. The van der Waals surface area contributed by atoms with Gasteiger partial charge in [-0.15, -0.1) is 0 Å². The van der Waals surface area contributed by atoms with Crippen LogP contribution in [0.2, 0.25) is 0 Å². The Kier molecular flexibility index (Phi) is 8.12. The molecule has 0 spiro atoms. The molecule has 2 N–H and O–H groups in total. The van der Waals surface area contributed by atoms with E-state index in [1.54, 1.807) is 15.9 Å². The van der Waals surface area contributed by atoms with Gasteiger partial charge in [0.2, 0.25) is 5.56 Å². The molecule has 3 aliphatic rings. The molecule has 3 aliphatic heterocycles. The first-order chi connectivity index (χ1) is 19.5. The first-order valence-electron chi connectivity index (χ1n) is 13.9. The number of anilines is 2. The molecule has 2 atom stereocenters. The number of nitrogens with one attached hydrogen (secondary N) is 2. The number of amides is 3. The van der Waals surface area contributed by atoms with Gasteiger partial charge in [-0.3, -0.25) is 14.5 Å². The number of nitrogens with zero attached hydrogens (tertiary/aromatic N) is 4. The molecular weight excluding hydrogens is 537 g/mol. The zero-order valence-corrected chi connectivity index (χ0v) is 23.4. The summed E-state index contributed by atoms with van der Waals surface area (Å²) in [6, 6.07) is 3.77. The third kappa shape index (κ3) is 5.83. The number of aromatic nitrogens is 1. The summed E-state index contributed by atoms with van der Waals surface area (Å²) in [5, 5.41) is 2.72. The Morgan fingerprint density at radius 1 is 1.05 bits per heavy atom. The quantitative estimate of drug-likeness (QED) is 0.562. The number of likely N-dealkylation sites (N-methyl/N-ethyl adjacent to an activating group) is 1. The average Bonchev–Trinajstić information content (AvgIpc) is 3.65. The fraction of sp³-hybridized carbons (Fsp3) is 0.483. The number of pyridine rings is 1. The van der Waals surface area contributed by atoms with Crippen LogP contribution in [0.3, 0.4) is 0 Å². The van der Waals surface area contributed by atoms with E-state index in [1.807, 2.05) is 11.9 Å². The van der Waals surface area contributed by atoms with Crippen molar-refractivity contribution < 1.29 is 22.8 Å². The van der Waals surface area contributed by atoms with Crippen LogP contribution >= 0.6 is 0 Å². The Morgan fingerprint density at radius 2 is 1.73 bits per heavy atom. The van der Waals surface area contributed by atoms with Crippen molar-refractivity contribution in [2.75, 3.05) is 56.5 Å². The molecule has 9 nitrogen and oxygen atoms in total. The van der Waals surface area contributed by atoms with Crippen molar-refractivity contribution in [3.05, 3.63) is 63.3 Å². The van der Waals surface area contributed by atoms with Gasteiger partial charge >= 0.3 is 6.03 Å². The molecule has 4 heterocycles. The predicted molar refractivity (Wildman–Crippen MR) is 151 cm³/mol. The minimum Gasteiger partial charge on any atom is -0.367 e. The predicted octanol–water partition coefficient (Wildman–Crippen LogP) is 4.15. The Labute approximate surface area is 236 Å². The number of aromatic amines is 1. The molecule has 41 heavy (non-hydrogen) atoms. The second-order valence-electron chi connectivity index (χ2n) is 11.1. The van der Waals surface area contributed by atoms with Gasteiger partial charge in [0.05, 0.1) is 16.9 Å². The zero-order valence-electron chi connectivity index (χ0n) is 23.4. The van der Waals surface area contributed by atoms with E-state index in [1.165, 1.54) is 12.1 Å². The molecule has 0 unspecified atom stereocenters. The highest BCUT2D eigenvalue weighted by molar-refractivity contribution is 6.07. The Morgan fingerprint density at radius 3 is 2.39 bits per heavy atom. The number of urea groups is 1. The number of benzene rings is 1. The topological polar surface area (TPSA) is 92.0 Å². The van der Waals surface area contributed by atoms with Gasteiger partial charge in [-0.25, -0.2) is 18.0 Å². The number of carbonyl (C=O) groups excluding carboxylic acids is 2. The maximum absolute atomic E-state index is 15.8. The van der Waals surface area contributed by atoms with E-state index in [4.69, 9.17) is 0 Å². The second kappa shape index (κ2) is 11.6. The lowest BCUT2D eigenvalue weighted by molar-refractivity contribution is 0.101. The molecule has 1 aromatic heterocycles. The number of piperazine rings is 1. The summed E-state index contributed by atoms with van der Waals surface area (Å²) in [7, 11) is 2.02. The van der Waals surface area contributed by atoms with Crippen LogP contribution in [0.15, 0.2) is 35.3 Å². The van der Waals surface area contributed by atoms with Crippen LogP contribution in [-0.2, 0) is 0 Å². The molecule has 1 aromatic carbocycles. The standard InChI is InChI=1S/C29H35F3N6O3/c1-17-14-38(15-18(2)35(17)3)25-12-23(30)20(19-6-9-37(16-19)29(41)36-7-4-5-8-36)10-24(25)34-28(40)22-13-33-26(39)11-21(22)27(31)32/h6,10-13,17-18,27H,4-5,7-9,14-16H2,1-3H3,(H,33,39)(H,34,40)/t17-,18+. The molecule has 12 heteroatoms. The maximum atomic E-state index is 15.8. The largest absolute Gasteiger partial charge is 0.367 e. The van der Waals surface area contributed by atoms with E-state index in [0.29, 0.717) is 50.1 Å². The van der Waals surface area contributed by atoms with E-state index >= 15 is 4.39 Å². The van der Waals surface area contributed by atoms with Crippen LogP contribution in [0.4, 0.5) is 29.3 Å². The summed E-state index contributed by atoms with van der Waals surface area (Å²) < 4.78 is 43.2. The number of H-pyrrole nitrogens is 1. The van der Waals surface area contributed by atoms with Crippen molar-refractivity contribution in [2.24, 2.45) is 0 Å². The number of rotatable bonds is 5. The van der Waals surface area contributed by atoms with Gasteiger partial charge in [-0.2, -0.15) is 0 Å². The van der Waals surface area contributed by atoms with Crippen LogP contribution in [0.1, 0.15) is 54.6 Å². The van der Waals surface area contributed by atoms with E-state index in [9.17, 15) is 23.2 Å². The normalized spacial score (nSPS) is 21.5. The van der Waals surface area contributed by atoms with Crippen LogP contribution in [0, 0.1) is 5.82 Å². The Balaban J connectivity index is 1.49. The molecule has 0 aliphatic carbocycles. The SMILES string of the molecule is C[C@@H]1CN(c2cc(F)c(C3=CCN(C(=O)N4CCCC4)C3)cc2NC(=O)c2c[nH]c(=O)cc2C(F)F)C[C@H](C)N1C. The second-order valence-corrected chi connectivity index (χ2v) is 11.1. The van der Waals surface area contributed by atoms with Gasteiger partial charge in [0.25, 0.3) is 12.3 Å². The molecule has 2 fully saturated rings. The smallest absolute Gasteiger partial charge is 0.320 e. The molecule has 0 bridgehead atoms. The van der Waals surface area contributed by atoms with Crippen LogP contribution < -0.4 is 15.8 Å². The highest BCUT2D eigenvalue weighted by atomic mass is 19.3. The molecule has 2 saturated heterocycles. The molecule has 220 valence electrons. The number of likely N-dealkylation sites (tertiary alicyclic amines) is 1. The number of halogens is 3. The number of carbonyl (C=O) groups is 2. The summed E-state index contributed by atoms with van der Waals surface area (Å²) in [4.78, 5) is 47.8. The summed E-state index contributed by atoms with van der Waals surface area (Å²) in [6.45, 7) is 7.20. The Hall–Kier alpha value is -3.80. The molecule has 0 saturated carbocycles. The fourth-order valence-corrected chi connectivity index (χ4v) is 5.83. The molecule has 0 radical (unpaired) electrons. The molecule has 3 amide bonds. The van der Waals surface area contributed by atoms with Crippen molar-refractivity contribution in [2.45, 2.75) is 45.2 Å². The van der Waals surface area contributed by atoms with Gasteiger partial charge < -0.3 is 25.0 Å². The molecule has 2 aromatic rings. The van der Waals surface area contributed by atoms with E-state index in [-0.39, 0.29) is 41.5 Å². The highest BCUT2D eigenvalue weighted by Crippen LogP contribution is 2.36. The summed E-state index contributed by atoms with van der Waals surface area (Å²) in [6.07, 6.45) is 1.65. The highest BCUT2D eigenvalue weighted by Gasteiger charge is 2.32. The minimum atomic E-state index is -3.04. The minimum absolute atomic E-state index is 0.0858. The van der Waals surface area contributed by atoms with Crippen LogP contribution in [-0.4, -0.2) is 90.0 Å². The summed E-state index contributed by atoms with van der Waals surface area (Å²) >= 11 is 0. The number of hydrogen-bond acceptors (Lipinski definition) is 5. The average molecular weight is 573 g/mol. The van der Waals surface area contributed by atoms with Crippen molar-refractivity contribution in [1.29, 1.82) is 0 Å². The van der Waals surface area contributed by atoms with Crippen molar-refractivity contribution in [3.63, 3.8) is 0 Å². The van der Waals surface area contributed by atoms with Gasteiger partial charge in [0.1, 0.15) is 5.82 Å². The summed E-state index contributed by atoms with van der Waals surface area (Å²) in [5.74, 6) is -1.35. The van der Waals surface area contributed by atoms with Gasteiger partial charge in [0.15, 0.2) is 0 Å². The van der Waals surface area contributed by atoms with Crippen LogP contribution in [0.5, 0.6) is 0 Å². The zero-order chi connectivity index (χ0) is 29.4. The van der Waals surface area contributed by atoms with E-state index in [0.717, 1.165) is 19.0 Å². The van der Waals surface area contributed by atoms with Crippen molar-refractivity contribution >= 4 is 28.9 Å². The van der Waals surface area contributed by atoms with E-state index in [2.05, 4.69) is 29.0 Å². The first kappa shape index (κ1) is 28.7. The van der Waals surface area contributed by atoms with Crippen LogP contribution in [0.25, 0.3) is 5.57 Å². The first-order valence-corrected chi connectivity index (χ1v) is 13.9. The third-order valence-electron chi connectivity index (χ3n) is 8.38. The number of hydrogen-bond donors (Lipinski definition) is 2. The lowest BCUT2D eigenvalue weighted by atomic mass is 10.0. The number of alkyl halides is 2. The lowest BCUT2D eigenvalue weighted by Crippen LogP contribution is -2.55. The van der Waals surface area contributed by atoms with E-state index < -0.39 is 29.3 Å². The third-order valence-corrected chi connectivity index (χ3v) is 8.38. The molecular formula is C29H35F3N6O3.